The fourth-order valence-electron chi connectivity index (χ4n) is 4.33. The molecule has 6 nitrogen and oxygen atoms in total. The van der Waals surface area contributed by atoms with E-state index < -0.39 is 24.0 Å². The lowest BCUT2D eigenvalue weighted by Crippen LogP contribution is -2.46. The fraction of sp³-hybridized carbons (Fsp3) is 0.321. The van der Waals surface area contributed by atoms with Gasteiger partial charge in [-0.1, -0.05) is 24.8 Å². The lowest BCUT2D eigenvalue weighted by atomic mass is 9.99. The maximum absolute atomic E-state index is 14.7. The highest BCUT2D eigenvalue weighted by atomic mass is 19.4. The molecule has 2 atom stereocenters. The van der Waals surface area contributed by atoms with Crippen LogP contribution in [0.2, 0.25) is 0 Å². The Kier molecular flexibility index (Phi) is 8.11. The molecule has 3 heterocycles. The fourth-order valence-corrected chi connectivity index (χ4v) is 4.33. The first-order chi connectivity index (χ1) is 18.0. The number of hydrogen-bond acceptors (Lipinski definition) is 5. The largest absolute Gasteiger partial charge is 0.417 e. The number of halogens is 4. The first-order valence-corrected chi connectivity index (χ1v) is 12.2. The predicted octanol–water partition coefficient (Wildman–Crippen LogP) is 5.41. The van der Waals surface area contributed by atoms with E-state index in [1.807, 2.05) is 18.9 Å². The number of aromatic nitrogens is 2. The van der Waals surface area contributed by atoms with Gasteiger partial charge in [0.05, 0.1) is 28.6 Å². The summed E-state index contributed by atoms with van der Waals surface area (Å²) in [6.45, 7) is 6.17. The molecule has 1 amide bonds. The molecule has 200 valence electrons. The minimum atomic E-state index is -4.68. The van der Waals surface area contributed by atoms with E-state index in [2.05, 4.69) is 27.2 Å². The number of fused-ring (bicyclic) bond motifs is 1. The first-order valence-electron chi connectivity index (χ1n) is 12.2. The molecule has 3 aromatic rings. The number of pyridine rings is 2. The van der Waals surface area contributed by atoms with Crippen molar-refractivity contribution in [2.75, 3.05) is 32.0 Å². The number of nitrogens with one attached hydrogen (secondary N) is 2. The standard InChI is InChI=1S/C28H29F4N5O/c1-17-9-10-19(15-34-17)27(38)33-12-5-6-20-14-22-21(26(35-20)18(2)28(30,31)32)7-4-8-24(22)36-25-11-13-37(3)16-23(25)29/h4-10,14-15,23,25,36H,2,11-13,16H2,1,3H3,(H,33,38)/b6-5+/t23-,25+/m0/s1. The number of piperidine rings is 1. The molecule has 0 aliphatic carbocycles. The molecule has 0 radical (unpaired) electrons. The number of carbonyl (C=O) groups excluding carboxylic acids is 1. The van der Waals surface area contributed by atoms with Gasteiger partial charge in [-0.05, 0) is 50.7 Å². The minimum Gasteiger partial charge on any atom is -0.379 e. The molecule has 1 saturated heterocycles. The van der Waals surface area contributed by atoms with Gasteiger partial charge in [-0.2, -0.15) is 13.2 Å². The number of likely N-dealkylation sites (tertiary alicyclic amines) is 1. The molecule has 0 unspecified atom stereocenters. The van der Waals surface area contributed by atoms with Crippen LogP contribution < -0.4 is 10.6 Å². The summed E-state index contributed by atoms with van der Waals surface area (Å²) >= 11 is 0. The van der Waals surface area contributed by atoms with Crippen molar-refractivity contribution in [3.05, 3.63) is 77.9 Å². The summed E-state index contributed by atoms with van der Waals surface area (Å²) in [7, 11) is 1.85. The van der Waals surface area contributed by atoms with Gasteiger partial charge in [-0.25, -0.2) is 9.37 Å². The Bertz CT molecular complexity index is 1350. The van der Waals surface area contributed by atoms with Crippen LogP contribution in [0.3, 0.4) is 0 Å². The second kappa shape index (κ2) is 11.3. The molecule has 2 aromatic heterocycles. The molecule has 1 fully saturated rings. The van der Waals surface area contributed by atoms with E-state index in [-0.39, 0.29) is 35.8 Å². The number of benzene rings is 1. The summed E-state index contributed by atoms with van der Waals surface area (Å²) in [5.41, 5.74) is 0.580. The van der Waals surface area contributed by atoms with Gasteiger partial charge in [0.25, 0.3) is 5.91 Å². The van der Waals surface area contributed by atoms with Crippen LogP contribution in [0.5, 0.6) is 0 Å². The molecule has 1 aliphatic rings. The van der Waals surface area contributed by atoms with Crippen LogP contribution in [-0.2, 0) is 0 Å². The number of nitrogens with zero attached hydrogens (tertiary/aromatic N) is 3. The van der Waals surface area contributed by atoms with Crippen molar-refractivity contribution in [2.24, 2.45) is 0 Å². The Labute approximate surface area is 218 Å². The molecule has 10 heteroatoms. The van der Waals surface area contributed by atoms with Crippen molar-refractivity contribution < 1.29 is 22.4 Å². The van der Waals surface area contributed by atoms with Gasteiger partial charge in [0.2, 0.25) is 0 Å². The summed E-state index contributed by atoms with van der Waals surface area (Å²) in [6, 6.07) is 9.44. The Morgan fingerprint density at radius 3 is 2.71 bits per heavy atom. The molecule has 4 rings (SSSR count). The molecule has 0 saturated carbocycles. The average molecular weight is 528 g/mol. The van der Waals surface area contributed by atoms with E-state index in [4.69, 9.17) is 0 Å². The van der Waals surface area contributed by atoms with Gasteiger partial charge < -0.3 is 15.5 Å². The van der Waals surface area contributed by atoms with Gasteiger partial charge in [0.1, 0.15) is 6.17 Å². The summed E-state index contributed by atoms with van der Waals surface area (Å²) in [4.78, 5) is 22.5. The first kappa shape index (κ1) is 27.3. The number of allylic oxidation sites excluding steroid dienone is 1. The van der Waals surface area contributed by atoms with Crippen molar-refractivity contribution in [1.82, 2.24) is 20.2 Å². The van der Waals surface area contributed by atoms with Crippen LogP contribution in [0, 0.1) is 6.92 Å². The summed E-state index contributed by atoms with van der Waals surface area (Å²) < 4.78 is 55.7. The maximum Gasteiger partial charge on any atom is 0.417 e. The predicted molar refractivity (Wildman–Crippen MR) is 142 cm³/mol. The van der Waals surface area contributed by atoms with Crippen molar-refractivity contribution in [3.8, 4) is 0 Å². The Hall–Kier alpha value is -3.79. The van der Waals surface area contributed by atoms with Crippen LogP contribution >= 0.6 is 0 Å². The van der Waals surface area contributed by atoms with Gasteiger partial charge in [-0.15, -0.1) is 0 Å². The molecule has 1 aliphatic heterocycles. The van der Waals surface area contributed by atoms with Crippen LogP contribution in [-0.4, -0.2) is 65.8 Å². The van der Waals surface area contributed by atoms with Crippen molar-refractivity contribution in [2.45, 2.75) is 31.7 Å². The molecule has 0 spiro atoms. The highest BCUT2D eigenvalue weighted by molar-refractivity contribution is 6.01. The SMILES string of the molecule is C=C(c1nc(/C=C/CNC(=O)c2ccc(C)nc2)cc2c(N[C@@H]3CCN(C)C[C@@H]3F)cccc12)C(F)(F)F. The Balaban J connectivity index is 1.62. The number of amides is 1. The van der Waals surface area contributed by atoms with Gasteiger partial charge in [0, 0.05) is 48.0 Å². The van der Waals surface area contributed by atoms with E-state index in [0.29, 0.717) is 29.6 Å². The molecule has 2 N–H and O–H groups in total. The maximum atomic E-state index is 14.7. The zero-order chi connectivity index (χ0) is 27.4. The van der Waals surface area contributed by atoms with Crippen LogP contribution in [0.25, 0.3) is 22.4 Å². The highest BCUT2D eigenvalue weighted by Gasteiger charge is 2.35. The minimum absolute atomic E-state index is 0.126. The molecular weight excluding hydrogens is 498 g/mol. The second-order valence-corrected chi connectivity index (χ2v) is 9.39. The van der Waals surface area contributed by atoms with E-state index in [1.165, 1.54) is 12.3 Å². The number of rotatable bonds is 7. The third kappa shape index (κ3) is 6.36. The smallest absolute Gasteiger partial charge is 0.379 e. The van der Waals surface area contributed by atoms with Crippen LogP contribution in [0.1, 0.15) is 33.9 Å². The van der Waals surface area contributed by atoms with Crippen molar-refractivity contribution in [1.29, 1.82) is 0 Å². The van der Waals surface area contributed by atoms with E-state index in [9.17, 15) is 22.4 Å². The number of alkyl halides is 4. The van der Waals surface area contributed by atoms with E-state index >= 15 is 0 Å². The number of anilines is 1. The van der Waals surface area contributed by atoms with Gasteiger partial charge >= 0.3 is 6.18 Å². The van der Waals surface area contributed by atoms with Crippen LogP contribution in [0.4, 0.5) is 23.2 Å². The molecule has 1 aromatic carbocycles. The quantitative estimate of drug-likeness (QED) is 0.402. The lowest BCUT2D eigenvalue weighted by molar-refractivity contribution is -0.0688. The van der Waals surface area contributed by atoms with E-state index in [1.54, 1.807) is 42.5 Å². The van der Waals surface area contributed by atoms with E-state index in [0.717, 1.165) is 5.69 Å². The van der Waals surface area contributed by atoms with Gasteiger partial charge in [0.15, 0.2) is 0 Å². The zero-order valence-electron chi connectivity index (χ0n) is 21.1. The number of carbonyl (C=O) groups is 1. The van der Waals surface area contributed by atoms with Gasteiger partial charge in [-0.3, -0.25) is 9.78 Å². The molecular formula is C28H29F4N5O. The lowest BCUT2D eigenvalue weighted by Gasteiger charge is -2.33. The third-order valence-electron chi connectivity index (χ3n) is 6.45. The monoisotopic (exact) mass is 527 g/mol. The topological polar surface area (TPSA) is 70.1 Å². The Morgan fingerprint density at radius 2 is 2.03 bits per heavy atom. The van der Waals surface area contributed by atoms with Crippen LogP contribution in [0.15, 0.2) is 55.3 Å². The number of aryl methyl sites for hydroxylation is 1. The molecule has 38 heavy (non-hydrogen) atoms. The van der Waals surface area contributed by atoms with Crippen molar-refractivity contribution in [3.63, 3.8) is 0 Å². The highest BCUT2D eigenvalue weighted by Crippen LogP contribution is 2.37. The normalized spacial score (nSPS) is 18.6. The second-order valence-electron chi connectivity index (χ2n) is 9.39. The summed E-state index contributed by atoms with van der Waals surface area (Å²) in [6.07, 6.45) is -0.649. The van der Waals surface area contributed by atoms with Crippen molar-refractivity contribution >= 4 is 34.0 Å². The number of hydrogen-bond donors (Lipinski definition) is 2. The third-order valence-corrected chi connectivity index (χ3v) is 6.45. The Morgan fingerprint density at radius 1 is 1.24 bits per heavy atom. The zero-order valence-corrected chi connectivity index (χ0v) is 21.1. The molecule has 0 bridgehead atoms. The summed E-state index contributed by atoms with van der Waals surface area (Å²) in [5.74, 6) is -0.329. The average Bonchev–Trinajstić information content (AvgIpc) is 2.87. The summed E-state index contributed by atoms with van der Waals surface area (Å²) in [5, 5.41) is 6.65.